The van der Waals surface area contributed by atoms with Crippen molar-refractivity contribution in [1.82, 2.24) is 5.16 Å². The van der Waals surface area contributed by atoms with Gasteiger partial charge in [0, 0.05) is 5.56 Å². The fourth-order valence-corrected chi connectivity index (χ4v) is 3.67. The molecule has 0 unspecified atom stereocenters. The molecule has 6 nitrogen and oxygen atoms in total. The fourth-order valence-electron chi connectivity index (χ4n) is 2.30. The van der Waals surface area contributed by atoms with E-state index in [2.05, 4.69) is 25.8 Å². The number of halogens is 1. The molecule has 3 aromatic rings. The third-order valence-electron chi connectivity index (χ3n) is 3.60. The zero-order valence-corrected chi connectivity index (χ0v) is 15.9. The Hall–Kier alpha value is -2.32. The van der Waals surface area contributed by atoms with Crippen LogP contribution >= 0.6 is 15.9 Å². The Balaban J connectivity index is 1.90. The van der Waals surface area contributed by atoms with Crippen LogP contribution in [0.15, 0.2) is 62.4 Å². The fraction of sp³-hybridized carbons (Fsp3) is 0.118. The van der Waals surface area contributed by atoms with E-state index in [1.165, 1.54) is 12.1 Å². The highest BCUT2D eigenvalue weighted by Gasteiger charge is 2.20. The SMILES string of the molecule is COc1ccccc1-c1ccc(S(=O)(=O)Nc2onc(C)c2Br)cc1. The first kappa shape index (κ1) is 17.5. The number of nitrogens with one attached hydrogen (secondary N) is 1. The van der Waals surface area contributed by atoms with E-state index in [0.29, 0.717) is 10.2 Å². The van der Waals surface area contributed by atoms with Crippen LogP contribution < -0.4 is 9.46 Å². The Labute approximate surface area is 154 Å². The standard InChI is InChI=1S/C17H15BrN2O4S/c1-11-16(18)17(24-19-11)20-25(21,22)13-9-7-12(8-10-13)14-5-3-4-6-15(14)23-2/h3-10,20H,1-2H3. The van der Waals surface area contributed by atoms with E-state index in [0.717, 1.165) is 16.9 Å². The highest BCUT2D eigenvalue weighted by Crippen LogP contribution is 2.31. The Kier molecular flexibility index (Phi) is 4.82. The van der Waals surface area contributed by atoms with Gasteiger partial charge in [0.15, 0.2) is 0 Å². The van der Waals surface area contributed by atoms with Gasteiger partial charge in [0.2, 0.25) is 0 Å². The number of para-hydroxylation sites is 1. The molecule has 130 valence electrons. The van der Waals surface area contributed by atoms with Crippen LogP contribution in [0.4, 0.5) is 5.88 Å². The molecule has 0 aliphatic carbocycles. The topological polar surface area (TPSA) is 81.4 Å². The maximum absolute atomic E-state index is 12.5. The van der Waals surface area contributed by atoms with E-state index in [1.807, 2.05) is 24.3 Å². The van der Waals surface area contributed by atoms with Crippen molar-refractivity contribution in [2.45, 2.75) is 11.8 Å². The van der Waals surface area contributed by atoms with E-state index in [1.54, 1.807) is 26.2 Å². The minimum absolute atomic E-state index is 0.0475. The van der Waals surface area contributed by atoms with Crippen LogP contribution in [0.1, 0.15) is 5.69 Å². The normalized spacial score (nSPS) is 11.3. The number of rotatable bonds is 5. The molecule has 2 aromatic carbocycles. The van der Waals surface area contributed by atoms with Crippen molar-refractivity contribution in [2.75, 3.05) is 11.8 Å². The van der Waals surface area contributed by atoms with Crippen molar-refractivity contribution in [3.05, 3.63) is 58.7 Å². The molecule has 0 bridgehead atoms. The molecule has 0 fully saturated rings. The molecular weight excluding hydrogens is 408 g/mol. The number of nitrogens with zero attached hydrogens (tertiary/aromatic N) is 1. The predicted octanol–water partition coefficient (Wildman–Crippen LogP) is 4.22. The summed E-state index contributed by atoms with van der Waals surface area (Å²) >= 11 is 3.24. The van der Waals surface area contributed by atoms with Crippen molar-refractivity contribution in [3.63, 3.8) is 0 Å². The summed E-state index contributed by atoms with van der Waals surface area (Å²) in [6, 6.07) is 14.1. The Morgan fingerprint density at radius 2 is 1.80 bits per heavy atom. The number of aryl methyl sites for hydroxylation is 1. The summed E-state index contributed by atoms with van der Waals surface area (Å²) < 4.78 is 38.1. The van der Waals surface area contributed by atoms with Crippen molar-refractivity contribution in [3.8, 4) is 16.9 Å². The first-order valence-corrected chi connectivity index (χ1v) is 9.58. The van der Waals surface area contributed by atoms with Gasteiger partial charge in [0.25, 0.3) is 15.9 Å². The largest absolute Gasteiger partial charge is 0.496 e. The lowest BCUT2D eigenvalue weighted by Gasteiger charge is -2.10. The van der Waals surface area contributed by atoms with Gasteiger partial charge in [0.05, 0.1) is 17.7 Å². The minimum Gasteiger partial charge on any atom is -0.496 e. The number of sulfonamides is 1. The molecule has 0 saturated carbocycles. The molecule has 0 aliphatic rings. The average molecular weight is 423 g/mol. The summed E-state index contributed by atoms with van der Waals surface area (Å²) in [5, 5.41) is 3.70. The number of ether oxygens (including phenoxy) is 1. The van der Waals surface area contributed by atoms with Gasteiger partial charge in [-0.25, -0.2) is 13.1 Å². The second kappa shape index (κ2) is 6.89. The number of hydrogen-bond donors (Lipinski definition) is 1. The van der Waals surface area contributed by atoms with E-state index >= 15 is 0 Å². The van der Waals surface area contributed by atoms with Gasteiger partial charge in [-0.05, 0) is 46.6 Å². The molecule has 0 saturated heterocycles. The number of aromatic nitrogens is 1. The van der Waals surface area contributed by atoms with Gasteiger partial charge in [-0.2, -0.15) is 0 Å². The minimum atomic E-state index is -3.78. The summed E-state index contributed by atoms with van der Waals surface area (Å²) in [4.78, 5) is 0.118. The van der Waals surface area contributed by atoms with E-state index in [9.17, 15) is 8.42 Å². The van der Waals surface area contributed by atoms with Crippen LogP contribution in [0.3, 0.4) is 0 Å². The molecule has 8 heteroatoms. The monoisotopic (exact) mass is 422 g/mol. The van der Waals surface area contributed by atoms with Crippen molar-refractivity contribution in [2.24, 2.45) is 0 Å². The molecule has 0 aliphatic heterocycles. The molecule has 3 rings (SSSR count). The quantitative estimate of drug-likeness (QED) is 0.665. The lowest BCUT2D eigenvalue weighted by atomic mass is 10.1. The summed E-state index contributed by atoms with van der Waals surface area (Å²) in [5.41, 5.74) is 2.30. The van der Waals surface area contributed by atoms with E-state index in [4.69, 9.17) is 9.26 Å². The maximum Gasteiger partial charge on any atom is 0.264 e. The van der Waals surface area contributed by atoms with Crippen molar-refractivity contribution in [1.29, 1.82) is 0 Å². The Morgan fingerprint density at radius 3 is 2.40 bits per heavy atom. The van der Waals surface area contributed by atoms with Crippen LogP contribution in [-0.4, -0.2) is 20.7 Å². The van der Waals surface area contributed by atoms with Gasteiger partial charge in [0.1, 0.15) is 10.2 Å². The molecule has 1 aromatic heterocycles. The summed E-state index contributed by atoms with van der Waals surface area (Å²) in [7, 11) is -2.19. The molecule has 0 amide bonds. The van der Waals surface area contributed by atoms with Crippen LogP contribution in [0.25, 0.3) is 11.1 Å². The van der Waals surface area contributed by atoms with Gasteiger partial charge in [-0.1, -0.05) is 35.5 Å². The van der Waals surface area contributed by atoms with Gasteiger partial charge in [-0.3, -0.25) is 0 Å². The third-order valence-corrected chi connectivity index (χ3v) is 5.88. The first-order valence-electron chi connectivity index (χ1n) is 7.30. The van der Waals surface area contributed by atoms with Crippen LogP contribution in [-0.2, 0) is 10.0 Å². The van der Waals surface area contributed by atoms with Crippen LogP contribution in [0, 0.1) is 6.92 Å². The van der Waals surface area contributed by atoms with Crippen LogP contribution in [0.5, 0.6) is 5.75 Å². The lowest BCUT2D eigenvalue weighted by Crippen LogP contribution is -2.12. The predicted molar refractivity (Wildman–Crippen MR) is 98.2 cm³/mol. The van der Waals surface area contributed by atoms with Crippen molar-refractivity contribution < 1.29 is 17.7 Å². The lowest BCUT2D eigenvalue weighted by molar-refractivity contribution is 0.416. The summed E-state index contributed by atoms with van der Waals surface area (Å²) in [6.45, 7) is 1.70. The van der Waals surface area contributed by atoms with Crippen molar-refractivity contribution >= 4 is 31.8 Å². The van der Waals surface area contributed by atoms with Gasteiger partial charge in [-0.15, -0.1) is 0 Å². The summed E-state index contributed by atoms with van der Waals surface area (Å²) in [6.07, 6.45) is 0. The van der Waals surface area contributed by atoms with E-state index in [-0.39, 0.29) is 10.8 Å². The molecule has 0 spiro atoms. The second-order valence-corrected chi connectivity index (χ2v) is 7.72. The zero-order valence-electron chi connectivity index (χ0n) is 13.5. The Bertz CT molecular complexity index is 998. The number of benzene rings is 2. The van der Waals surface area contributed by atoms with Crippen LogP contribution in [0.2, 0.25) is 0 Å². The first-order chi connectivity index (χ1) is 11.9. The highest BCUT2D eigenvalue weighted by atomic mass is 79.9. The molecule has 1 heterocycles. The average Bonchev–Trinajstić information content (AvgIpc) is 2.93. The van der Waals surface area contributed by atoms with E-state index < -0.39 is 10.0 Å². The molecule has 1 N–H and O–H groups in total. The number of methoxy groups -OCH3 is 1. The molecule has 0 radical (unpaired) electrons. The molecule has 0 atom stereocenters. The number of hydrogen-bond acceptors (Lipinski definition) is 5. The molecular formula is C17H15BrN2O4S. The highest BCUT2D eigenvalue weighted by molar-refractivity contribution is 9.10. The number of anilines is 1. The zero-order chi connectivity index (χ0) is 18.0. The maximum atomic E-state index is 12.5. The molecule has 25 heavy (non-hydrogen) atoms. The second-order valence-electron chi connectivity index (χ2n) is 5.24. The smallest absolute Gasteiger partial charge is 0.264 e. The Morgan fingerprint density at radius 1 is 1.12 bits per heavy atom. The van der Waals surface area contributed by atoms with Gasteiger partial charge >= 0.3 is 0 Å². The summed E-state index contributed by atoms with van der Waals surface area (Å²) in [5.74, 6) is 0.767. The third kappa shape index (κ3) is 3.54. The van der Waals surface area contributed by atoms with Gasteiger partial charge < -0.3 is 9.26 Å².